The minimum Gasteiger partial charge on any atom is -0.493 e. The molecule has 0 atom stereocenters. The lowest BCUT2D eigenvalue weighted by Crippen LogP contribution is -2.03. The summed E-state index contributed by atoms with van der Waals surface area (Å²) in [7, 11) is 3.24. The monoisotopic (exact) mass is 480 g/mol. The van der Waals surface area contributed by atoms with Gasteiger partial charge in [-0.05, 0) is 59.2 Å². The molecule has 2 aromatic heterocycles. The first kappa shape index (κ1) is 24.7. The van der Waals surface area contributed by atoms with Crippen molar-refractivity contribution >= 4 is 11.9 Å². The van der Waals surface area contributed by atoms with Crippen molar-refractivity contribution in [3.63, 3.8) is 0 Å². The van der Waals surface area contributed by atoms with Gasteiger partial charge in [0, 0.05) is 36.9 Å². The fraction of sp³-hybridized carbons (Fsp3) is 0.167. The number of carbonyl (C=O) groups excluding carboxylic acids is 1. The number of nitrogens with zero attached hydrogens (tertiary/aromatic N) is 2. The number of pyridine rings is 2. The number of aromatic nitrogens is 2. The number of benzene rings is 2. The lowest BCUT2D eigenvalue weighted by molar-refractivity contribution is -0.113. The van der Waals surface area contributed by atoms with Crippen LogP contribution < -0.4 is 14.2 Å². The number of ketones is 1. The first-order valence-corrected chi connectivity index (χ1v) is 11.7. The lowest BCUT2D eigenvalue weighted by Gasteiger charge is -2.11. The maximum absolute atomic E-state index is 12.4. The normalized spacial score (nSPS) is 10.8. The molecule has 0 aliphatic heterocycles. The van der Waals surface area contributed by atoms with Gasteiger partial charge in [0.2, 0.25) is 5.88 Å². The highest BCUT2D eigenvalue weighted by atomic mass is 16.5. The Morgan fingerprint density at radius 3 is 2.56 bits per heavy atom. The van der Waals surface area contributed by atoms with Crippen molar-refractivity contribution < 1.29 is 19.0 Å². The second-order valence-corrected chi connectivity index (χ2v) is 8.11. The molecule has 0 fully saturated rings. The van der Waals surface area contributed by atoms with Gasteiger partial charge in [0.1, 0.15) is 0 Å². The van der Waals surface area contributed by atoms with E-state index < -0.39 is 0 Å². The fourth-order valence-electron chi connectivity index (χ4n) is 3.73. The average Bonchev–Trinajstić information content (AvgIpc) is 2.92. The van der Waals surface area contributed by atoms with E-state index in [9.17, 15) is 4.79 Å². The molecule has 0 aliphatic rings. The molecule has 2 heterocycles. The number of rotatable bonds is 11. The Morgan fingerprint density at radius 2 is 1.75 bits per heavy atom. The number of hydrogen-bond donors (Lipinski definition) is 0. The van der Waals surface area contributed by atoms with E-state index in [2.05, 4.69) is 9.97 Å². The van der Waals surface area contributed by atoms with Crippen LogP contribution >= 0.6 is 0 Å². The van der Waals surface area contributed by atoms with Gasteiger partial charge < -0.3 is 14.2 Å². The van der Waals surface area contributed by atoms with Crippen molar-refractivity contribution in [3.05, 3.63) is 108 Å². The third kappa shape index (κ3) is 6.79. The van der Waals surface area contributed by atoms with Gasteiger partial charge in [0.15, 0.2) is 17.3 Å². The highest BCUT2D eigenvalue weighted by Gasteiger charge is 2.07. The van der Waals surface area contributed by atoms with Gasteiger partial charge in [-0.15, -0.1) is 0 Å². The van der Waals surface area contributed by atoms with Crippen LogP contribution in [0.15, 0.2) is 91.3 Å². The number of hydrogen-bond acceptors (Lipinski definition) is 6. The molecule has 0 radical (unpaired) electrons. The van der Waals surface area contributed by atoms with E-state index in [0.717, 1.165) is 27.9 Å². The van der Waals surface area contributed by atoms with Crippen LogP contribution in [0.4, 0.5) is 0 Å². The maximum atomic E-state index is 12.4. The molecule has 0 aliphatic carbocycles. The molecule has 0 N–H and O–H groups in total. The fourth-order valence-corrected chi connectivity index (χ4v) is 3.73. The quantitative estimate of drug-likeness (QED) is 0.260. The summed E-state index contributed by atoms with van der Waals surface area (Å²) in [5.41, 5.74) is 4.63. The average molecular weight is 481 g/mol. The Balaban J connectivity index is 1.37. The zero-order valence-corrected chi connectivity index (χ0v) is 20.4. The van der Waals surface area contributed by atoms with Gasteiger partial charge in [0.05, 0.1) is 26.5 Å². The number of allylic oxidation sites excluding steroid dienone is 1. The standard InChI is InChI=1S/C30H28N2O4/c1-34-28-14-12-22(20-29(28)35-2)15-17-36-30-10-4-9-27(32-30)25-8-3-6-24(18-25)19-26(33)13-11-23-7-5-16-31-21-23/h3-14,16,18,20-21H,15,17,19H2,1-2H3/b13-11+. The second-order valence-electron chi connectivity index (χ2n) is 8.11. The van der Waals surface area contributed by atoms with Crippen molar-refractivity contribution in [1.29, 1.82) is 0 Å². The van der Waals surface area contributed by atoms with Crippen molar-refractivity contribution in [1.82, 2.24) is 9.97 Å². The van der Waals surface area contributed by atoms with Crippen LogP contribution in [0.2, 0.25) is 0 Å². The largest absolute Gasteiger partial charge is 0.493 e. The van der Waals surface area contributed by atoms with E-state index in [4.69, 9.17) is 14.2 Å². The van der Waals surface area contributed by atoms with Crippen LogP contribution in [-0.4, -0.2) is 36.6 Å². The minimum absolute atomic E-state index is 0.0243. The Labute approximate surface area is 211 Å². The van der Waals surface area contributed by atoms with Crippen LogP contribution in [-0.2, 0) is 17.6 Å². The Kier molecular flexibility index (Phi) is 8.44. The zero-order chi connectivity index (χ0) is 25.2. The Morgan fingerprint density at radius 1 is 0.889 bits per heavy atom. The first-order valence-electron chi connectivity index (χ1n) is 11.7. The molecule has 0 saturated heterocycles. The van der Waals surface area contributed by atoms with Crippen LogP contribution in [0.1, 0.15) is 16.7 Å². The summed E-state index contributed by atoms with van der Waals surface area (Å²) < 4.78 is 16.6. The van der Waals surface area contributed by atoms with E-state index in [-0.39, 0.29) is 5.78 Å². The van der Waals surface area contributed by atoms with Crippen molar-refractivity contribution in [2.75, 3.05) is 20.8 Å². The van der Waals surface area contributed by atoms with E-state index in [1.165, 1.54) is 0 Å². The zero-order valence-electron chi connectivity index (χ0n) is 20.4. The van der Waals surface area contributed by atoms with Crippen molar-refractivity contribution in [2.24, 2.45) is 0 Å². The second kappa shape index (κ2) is 12.3. The molecule has 2 aromatic carbocycles. The lowest BCUT2D eigenvalue weighted by atomic mass is 10.0. The van der Waals surface area contributed by atoms with E-state index in [1.54, 1.807) is 38.8 Å². The van der Waals surface area contributed by atoms with Crippen LogP contribution in [0.3, 0.4) is 0 Å². The summed E-state index contributed by atoms with van der Waals surface area (Å²) >= 11 is 0. The van der Waals surface area contributed by atoms with E-state index >= 15 is 0 Å². The Bertz CT molecular complexity index is 1340. The first-order chi connectivity index (χ1) is 17.6. The molecule has 6 nitrogen and oxygen atoms in total. The van der Waals surface area contributed by atoms with E-state index in [0.29, 0.717) is 36.8 Å². The highest BCUT2D eigenvalue weighted by Crippen LogP contribution is 2.28. The molecule has 0 saturated carbocycles. The molecule has 0 unspecified atom stereocenters. The van der Waals surface area contributed by atoms with Gasteiger partial charge in [-0.1, -0.05) is 36.4 Å². The molecule has 0 spiro atoms. The predicted octanol–water partition coefficient (Wildman–Crippen LogP) is 5.61. The minimum atomic E-state index is 0.0243. The van der Waals surface area contributed by atoms with Crippen molar-refractivity contribution in [2.45, 2.75) is 12.8 Å². The molecule has 0 amide bonds. The highest BCUT2D eigenvalue weighted by molar-refractivity contribution is 5.95. The van der Waals surface area contributed by atoms with E-state index in [1.807, 2.05) is 72.8 Å². The summed E-state index contributed by atoms with van der Waals surface area (Å²) in [6, 6.07) is 23.1. The molecular formula is C30H28N2O4. The number of carbonyl (C=O) groups is 1. The van der Waals surface area contributed by atoms with Crippen LogP contribution in [0.5, 0.6) is 17.4 Å². The SMILES string of the molecule is COc1ccc(CCOc2cccc(-c3cccc(CC(=O)/C=C/c4cccnc4)c3)n2)cc1OC. The summed E-state index contributed by atoms with van der Waals surface area (Å²) in [6.45, 7) is 0.476. The van der Waals surface area contributed by atoms with Crippen LogP contribution in [0, 0.1) is 0 Å². The third-order valence-corrected chi connectivity index (χ3v) is 5.56. The van der Waals surface area contributed by atoms with Gasteiger partial charge in [-0.2, -0.15) is 0 Å². The summed E-state index contributed by atoms with van der Waals surface area (Å²) in [5.74, 6) is 1.97. The summed E-state index contributed by atoms with van der Waals surface area (Å²) in [5, 5.41) is 0. The molecule has 36 heavy (non-hydrogen) atoms. The van der Waals surface area contributed by atoms with Crippen LogP contribution in [0.25, 0.3) is 17.3 Å². The summed E-state index contributed by atoms with van der Waals surface area (Å²) in [4.78, 5) is 21.2. The third-order valence-electron chi connectivity index (χ3n) is 5.56. The maximum Gasteiger partial charge on any atom is 0.213 e. The molecule has 6 heteroatoms. The van der Waals surface area contributed by atoms with Crippen molar-refractivity contribution in [3.8, 4) is 28.6 Å². The number of methoxy groups -OCH3 is 2. The molecule has 4 aromatic rings. The number of ether oxygens (including phenoxy) is 3. The molecule has 182 valence electrons. The van der Waals surface area contributed by atoms with Gasteiger partial charge in [-0.25, -0.2) is 4.98 Å². The van der Waals surface area contributed by atoms with Gasteiger partial charge in [-0.3, -0.25) is 9.78 Å². The van der Waals surface area contributed by atoms with Gasteiger partial charge >= 0.3 is 0 Å². The predicted molar refractivity (Wildman–Crippen MR) is 140 cm³/mol. The molecular weight excluding hydrogens is 452 g/mol. The molecule has 4 rings (SSSR count). The molecule has 0 bridgehead atoms. The van der Waals surface area contributed by atoms with Gasteiger partial charge in [0.25, 0.3) is 0 Å². The Hall–Kier alpha value is -4.45. The summed E-state index contributed by atoms with van der Waals surface area (Å²) in [6.07, 6.45) is 7.82. The topological polar surface area (TPSA) is 70.5 Å². The smallest absolute Gasteiger partial charge is 0.213 e.